The van der Waals surface area contributed by atoms with Gasteiger partial charge in [0.2, 0.25) is 0 Å². The summed E-state index contributed by atoms with van der Waals surface area (Å²) in [5.74, 6) is -0.182. The minimum absolute atomic E-state index is 0.182. The lowest BCUT2D eigenvalue weighted by Crippen LogP contribution is -2.37. The van der Waals surface area contributed by atoms with Crippen LogP contribution in [0, 0.1) is 0 Å². The van der Waals surface area contributed by atoms with Crippen LogP contribution < -0.4 is 5.19 Å². The number of rotatable bonds is 4. The van der Waals surface area contributed by atoms with Crippen molar-refractivity contribution in [2.45, 2.75) is 24.9 Å². The fraction of sp³-hybridized carbons (Fsp3) is 0.462. The monoisotopic (exact) mass is 268 g/mol. The Balaban J connectivity index is 2.97. The van der Waals surface area contributed by atoms with Crippen LogP contribution in [0.1, 0.15) is 10.8 Å². The van der Waals surface area contributed by atoms with Gasteiger partial charge in [0.25, 0.3) is 0 Å². The Hall–Kier alpha value is -0.743. The molecule has 17 heavy (non-hydrogen) atoms. The van der Waals surface area contributed by atoms with Crippen LogP contribution >= 0.6 is 11.8 Å². The van der Waals surface area contributed by atoms with Gasteiger partial charge in [-0.2, -0.15) is 0 Å². The molecular formula is C13H20O2SSi. The third kappa shape index (κ3) is 3.61. The molecule has 1 unspecified atom stereocenters. The van der Waals surface area contributed by atoms with Crippen molar-refractivity contribution in [3.05, 3.63) is 29.8 Å². The van der Waals surface area contributed by atoms with Crippen LogP contribution in [0.3, 0.4) is 0 Å². The van der Waals surface area contributed by atoms with Gasteiger partial charge in [0.05, 0.1) is 15.2 Å². The molecule has 1 aromatic rings. The first kappa shape index (κ1) is 14.3. The first-order valence-corrected chi connectivity index (χ1v) is 10.4. The Morgan fingerprint density at radius 2 is 1.76 bits per heavy atom. The summed E-state index contributed by atoms with van der Waals surface area (Å²) >= 11 is 1.51. The van der Waals surface area contributed by atoms with Crippen LogP contribution in [-0.4, -0.2) is 27.4 Å². The highest BCUT2D eigenvalue weighted by Crippen LogP contribution is 2.27. The molecule has 0 aliphatic carbocycles. The van der Waals surface area contributed by atoms with Gasteiger partial charge < -0.3 is 4.74 Å². The van der Waals surface area contributed by atoms with Crippen molar-refractivity contribution >= 4 is 31.0 Å². The molecule has 0 radical (unpaired) electrons. The Kier molecular flexibility index (Phi) is 4.83. The number of hydrogen-bond donors (Lipinski definition) is 0. The quantitative estimate of drug-likeness (QED) is 0.620. The molecule has 4 heteroatoms. The molecule has 1 atom stereocenters. The van der Waals surface area contributed by atoms with Crippen molar-refractivity contribution in [1.29, 1.82) is 0 Å². The molecule has 0 fully saturated rings. The molecule has 0 saturated carbocycles. The highest BCUT2D eigenvalue weighted by molar-refractivity contribution is 7.99. The Morgan fingerprint density at radius 3 is 2.12 bits per heavy atom. The first-order chi connectivity index (χ1) is 7.90. The van der Waals surface area contributed by atoms with Gasteiger partial charge in [-0.25, -0.2) is 0 Å². The zero-order valence-corrected chi connectivity index (χ0v) is 12.9. The van der Waals surface area contributed by atoms with E-state index in [1.165, 1.54) is 24.1 Å². The van der Waals surface area contributed by atoms with Gasteiger partial charge in [0, 0.05) is 0 Å². The highest BCUT2D eigenvalue weighted by atomic mass is 32.2. The van der Waals surface area contributed by atoms with E-state index in [4.69, 9.17) is 4.74 Å². The number of hydrogen-bond acceptors (Lipinski definition) is 3. The second-order valence-electron chi connectivity index (χ2n) is 5.01. The van der Waals surface area contributed by atoms with Crippen molar-refractivity contribution in [3.8, 4) is 0 Å². The molecule has 0 aliphatic heterocycles. The largest absolute Gasteiger partial charge is 0.468 e. The normalized spacial score (nSPS) is 13.2. The van der Waals surface area contributed by atoms with Crippen LogP contribution in [0.4, 0.5) is 0 Å². The average Bonchev–Trinajstić information content (AvgIpc) is 2.29. The summed E-state index contributed by atoms with van der Waals surface area (Å²) in [5.41, 5.74) is 1.02. The third-order valence-electron chi connectivity index (χ3n) is 2.73. The fourth-order valence-corrected chi connectivity index (χ4v) is 3.52. The Morgan fingerprint density at radius 1 is 1.24 bits per heavy atom. The van der Waals surface area contributed by atoms with Crippen molar-refractivity contribution in [2.75, 3.05) is 13.4 Å². The molecule has 1 aromatic carbocycles. The number of thioether (sulfide) groups is 1. The summed E-state index contributed by atoms with van der Waals surface area (Å²) in [7, 11) is 0.173. The predicted molar refractivity (Wildman–Crippen MR) is 77.7 cm³/mol. The maximum atomic E-state index is 11.6. The van der Waals surface area contributed by atoms with Crippen molar-refractivity contribution in [1.82, 2.24) is 0 Å². The molecule has 2 nitrogen and oxygen atoms in total. The number of methoxy groups -OCH3 is 1. The average molecular weight is 268 g/mol. The molecule has 0 bridgehead atoms. The van der Waals surface area contributed by atoms with Gasteiger partial charge in [-0.3, -0.25) is 4.79 Å². The molecule has 1 rings (SSSR count). The number of carbonyl (C=O) groups excluding carboxylic acids is 1. The molecule has 0 amide bonds. The lowest BCUT2D eigenvalue weighted by Gasteiger charge is -2.18. The van der Waals surface area contributed by atoms with Gasteiger partial charge in [0.15, 0.2) is 0 Å². The summed E-state index contributed by atoms with van der Waals surface area (Å²) in [6.45, 7) is 6.94. The summed E-state index contributed by atoms with van der Waals surface area (Å²) < 4.78 is 4.80. The van der Waals surface area contributed by atoms with Gasteiger partial charge in [-0.1, -0.05) is 49.1 Å². The summed E-state index contributed by atoms with van der Waals surface area (Å²) in [5, 5.41) is 1.20. The van der Waals surface area contributed by atoms with E-state index in [0.29, 0.717) is 0 Å². The van der Waals surface area contributed by atoms with E-state index in [-0.39, 0.29) is 11.2 Å². The summed E-state index contributed by atoms with van der Waals surface area (Å²) in [4.78, 5) is 11.6. The van der Waals surface area contributed by atoms with E-state index < -0.39 is 8.07 Å². The maximum Gasteiger partial charge on any atom is 0.323 e. The molecular weight excluding hydrogens is 248 g/mol. The van der Waals surface area contributed by atoms with Crippen LogP contribution in [0.25, 0.3) is 0 Å². The number of benzene rings is 1. The van der Waals surface area contributed by atoms with Crippen LogP contribution in [-0.2, 0) is 9.53 Å². The van der Waals surface area contributed by atoms with Crippen molar-refractivity contribution in [2.24, 2.45) is 0 Å². The Bertz CT molecular complexity index is 381. The predicted octanol–water partition coefficient (Wildman–Crippen LogP) is 2.81. The molecule has 0 saturated heterocycles. The second kappa shape index (κ2) is 5.73. The van der Waals surface area contributed by atoms with E-state index in [1.54, 1.807) is 0 Å². The minimum Gasteiger partial charge on any atom is -0.468 e. The highest BCUT2D eigenvalue weighted by Gasteiger charge is 2.21. The molecule has 0 heterocycles. The smallest absolute Gasteiger partial charge is 0.323 e. The molecule has 0 spiro atoms. The molecule has 94 valence electrons. The zero-order chi connectivity index (χ0) is 13.1. The number of ether oxygens (including phenoxy) is 1. The van der Waals surface area contributed by atoms with Crippen LogP contribution in [0.15, 0.2) is 24.3 Å². The lowest BCUT2D eigenvalue weighted by molar-refractivity contribution is -0.140. The third-order valence-corrected chi connectivity index (χ3v) is 5.73. The lowest BCUT2D eigenvalue weighted by atomic mass is 10.1. The fourth-order valence-electron chi connectivity index (χ4n) is 1.63. The molecule has 0 aliphatic rings. The van der Waals surface area contributed by atoms with Crippen LogP contribution in [0.2, 0.25) is 19.6 Å². The van der Waals surface area contributed by atoms with Crippen molar-refractivity contribution < 1.29 is 9.53 Å². The zero-order valence-electron chi connectivity index (χ0n) is 11.1. The van der Waals surface area contributed by atoms with E-state index in [2.05, 4.69) is 31.8 Å². The maximum absolute atomic E-state index is 11.6. The van der Waals surface area contributed by atoms with E-state index in [9.17, 15) is 4.79 Å². The first-order valence-electron chi connectivity index (χ1n) is 5.61. The van der Waals surface area contributed by atoms with Crippen molar-refractivity contribution in [3.63, 3.8) is 0 Å². The second-order valence-corrected chi connectivity index (χ2v) is 11.0. The summed E-state index contributed by atoms with van der Waals surface area (Å²) in [6, 6.07) is 8.39. The summed E-state index contributed by atoms with van der Waals surface area (Å²) in [6.07, 6.45) is 1.92. The van der Waals surface area contributed by atoms with Crippen LogP contribution in [0.5, 0.6) is 0 Å². The SMILES string of the molecule is COC(=O)C(SC)c1ccc([Si](C)(C)C)cc1. The van der Waals surface area contributed by atoms with Gasteiger partial charge in [-0.15, -0.1) is 11.8 Å². The number of carbonyl (C=O) groups is 1. The standard InChI is InChI=1S/C13H20O2SSi/c1-15-13(14)12(16-2)10-6-8-11(9-7-10)17(3,4)5/h6-9,12H,1-5H3. The van der Waals surface area contributed by atoms with E-state index in [1.807, 2.05) is 18.4 Å². The van der Waals surface area contributed by atoms with Gasteiger partial charge >= 0.3 is 5.97 Å². The Labute approximate surface area is 109 Å². The van der Waals surface area contributed by atoms with Gasteiger partial charge in [0.1, 0.15) is 5.25 Å². The molecule has 0 aromatic heterocycles. The van der Waals surface area contributed by atoms with Gasteiger partial charge in [-0.05, 0) is 11.8 Å². The van der Waals surface area contributed by atoms with E-state index in [0.717, 1.165) is 5.56 Å². The van der Waals surface area contributed by atoms with E-state index >= 15 is 0 Å². The number of esters is 1. The topological polar surface area (TPSA) is 26.3 Å². The molecule has 0 N–H and O–H groups in total. The minimum atomic E-state index is -1.26.